The van der Waals surface area contributed by atoms with Crippen LogP contribution in [0.2, 0.25) is 0 Å². The average Bonchev–Trinajstić information content (AvgIpc) is 2.45. The second kappa shape index (κ2) is 9.94. The minimum atomic E-state index is -0.216. The van der Waals surface area contributed by atoms with E-state index >= 15 is 0 Å². The third-order valence-corrected chi connectivity index (χ3v) is 3.91. The van der Waals surface area contributed by atoms with Gasteiger partial charge in [-0.2, -0.15) is 5.10 Å². The molecule has 1 heterocycles. The summed E-state index contributed by atoms with van der Waals surface area (Å²) in [5, 5.41) is 16.1. The van der Waals surface area contributed by atoms with Gasteiger partial charge in [-0.25, -0.2) is 4.68 Å². The van der Waals surface area contributed by atoms with Crippen LogP contribution in [0.15, 0.2) is 15.5 Å². The van der Waals surface area contributed by atoms with Crippen molar-refractivity contribution in [2.24, 2.45) is 0 Å². The van der Waals surface area contributed by atoms with Gasteiger partial charge in [0.1, 0.15) is 4.47 Å². The Kier molecular flexibility index (Phi) is 8.53. The van der Waals surface area contributed by atoms with Gasteiger partial charge in [-0.1, -0.05) is 39.0 Å². The molecule has 0 amide bonds. The van der Waals surface area contributed by atoms with Crippen LogP contribution in [0.1, 0.15) is 45.4 Å². The van der Waals surface area contributed by atoms with Crippen molar-refractivity contribution in [2.45, 2.75) is 52.0 Å². The molecule has 0 aliphatic carbocycles. The summed E-state index contributed by atoms with van der Waals surface area (Å²) in [4.78, 5) is 11.9. The van der Waals surface area contributed by atoms with E-state index in [0.29, 0.717) is 4.47 Å². The highest BCUT2D eigenvalue weighted by Gasteiger charge is 2.07. The van der Waals surface area contributed by atoms with Crippen molar-refractivity contribution in [2.75, 3.05) is 18.5 Å². The number of hydrogen-bond donors (Lipinski definition) is 2. The Morgan fingerprint density at radius 3 is 2.70 bits per heavy atom. The predicted octanol–water partition coefficient (Wildman–Crippen LogP) is 2.77. The lowest BCUT2D eigenvalue weighted by Crippen LogP contribution is -2.26. The number of nitrogens with zero attached hydrogens (tertiary/aromatic N) is 2. The molecule has 20 heavy (non-hydrogen) atoms. The van der Waals surface area contributed by atoms with Crippen molar-refractivity contribution < 1.29 is 5.11 Å². The summed E-state index contributed by atoms with van der Waals surface area (Å²) < 4.78 is 1.73. The Bertz CT molecular complexity index is 449. The van der Waals surface area contributed by atoms with Crippen LogP contribution in [-0.4, -0.2) is 28.0 Å². The van der Waals surface area contributed by atoms with Crippen molar-refractivity contribution in [3.05, 3.63) is 21.0 Å². The minimum Gasteiger partial charge on any atom is -0.394 e. The van der Waals surface area contributed by atoms with Crippen LogP contribution in [0.5, 0.6) is 0 Å². The van der Waals surface area contributed by atoms with Crippen LogP contribution in [0.25, 0.3) is 0 Å². The van der Waals surface area contributed by atoms with Gasteiger partial charge in [0.2, 0.25) is 0 Å². The highest BCUT2D eigenvalue weighted by atomic mass is 79.9. The third-order valence-electron chi connectivity index (χ3n) is 3.14. The first kappa shape index (κ1) is 17.2. The Labute approximate surface area is 128 Å². The second-order valence-corrected chi connectivity index (χ2v) is 5.61. The quantitative estimate of drug-likeness (QED) is 0.640. The largest absolute Gasteiger partial charge is 0.394 e. The van der Waals surface area contributed by atoms with Crippen LogP contribution >= 0.6 is 15.9 Å². The summed E-state index contributed by atoms with van der Waals surface area (Å²) in [5.41, 5.74) is 0.504. The monoisotopic (exact) mass is 345 g/mol. The first-order valence-electron chi connectivity index (χ1n) is 7.31. The van der Waals surface area contributed by atoms with E-state index in [0.717, 1.165) is 18.7 Å². The molecule has 0 spiro atoms. The molecule has 114 valence electrons. The van der Waals surface area contributed by atoms with E-state index in [1.165, 1.54) is 36.8 Å². The molecule has 1 aromatic heterocycles. The lowest BCUT2D eigenvalue weighted by Gasteiger charge is -2.09. The molecular formula is C14H24BrN3O2. The van der Waals surface area contributed by atoms with Crippen LogP contribution in [0, 0.1) is 0 Å². The molecule has 0 aliphatic heterocycles. The van der Waals surface area contributed by atoms with Crippen molar-refractivity contribution in [3.8, 4) is 0 Å². The SMILES string of the molecule is CCCCCCCCNc1cnn(CCO)c(=O)c1Br. The molecule has 2 N–H and O–H groups in total. The first-order valence-corrected chi connectivity index (χ1v) is 8.10. The Morgan fingerprint density at radius 1 is 1.30 bits per heavy atom. The number of anilines is 1. The Balaban J connectivity index is 2.37. The van der Waals surface area contributed by atoms with Gasteiger partial charge in [0.25, 0.3) is 5.56 Å². The number of nitrogens with one attached hydrogen (secondary N) is 1. The molecule has 0 saturated heterocycles. The van der Waals surface area contributed by atoms with Gasteiger partial charge in [0.05, 0.1) is 25.0 Å². The minimum absolute atomic E-state index is 0.0934. The van der Waals surface area contributed by atoms with E-state index in [1.807, 2.05) is 0 Å². The van der Waals surface area contributed by atoms with Gasteiger partial charge >= 0.3 is 0 Å². The summed E-state index contributed by atoms with van der Waals surface area (Å²) >= 11 is 3.29. The zero-order valence-corrected chi connectivity index (χ0v) is 13.7. The fourth-order valence-electron chi connectivity index (χ4n) is 1.97. The molecule has 0 unspecified atom stereocenters. The van der Waals surface area contributed by atoms with Crippen molar-refractivity contribution >= 4 is 21.6 Å². The van der Waals surface area contributed by atoms with Crippen LogP contribution < -0.4 is 10.9 Å². The normalized spacial score (nSPS) is 10.8. The van der Waals surface area contributed by atoms with Gasteiger partial charge in [-0.15, -0.1) is 0 Å². The molecule has 6 heteroatoms. The van der Waals surface area contributed by atoms with E-state index in [2.05, 4.69) is 33.3 Å². The molecule has 0 radical (unpaired) electrons. The molecule has 1 aromatic rings. The first-order chi connectivity index (χ1) is 9.70. The molecule has 0 atom stereocenters. The number of hydrogen-bond acceptors (Lipinski definition) is 4. The maximum absolute atomic E-state index is 11.9. The molecule has 1 rings (SSSR count). The number of rotatable bonds is 10. The standard InChI is InChI=1S/C14H24BrN3O2/c1-2-3-4-5-6-7-8-16-12-11-17-18(9-10-19)14(20)13(12)15/h11,16,19H,2-10H2,1H3. The molecule has 5 nitrogen and oxygen atoms in total. The highest BCUT2D eigenvalue weighted by molar-refractivity contribution is 9.10. The highest BCUT2D eigenvalue weighted by Crippen LogP contribution is 2.16. The summed E-state index contributed by atoms with van der Waals surface area (Å²) in [6, 6.07) is 0. The van der Waals surface area contributed by atoms with E-state index < -0.39 is 0 Å². The topological polar surface area (TPSA) is 67.2 Å². The van der Waals surface area contributed by atoms with Gasteiger partial charge in [0, 0.05) is 6.54 Å². The molecule has 0 fully saturated rings. The van der Waals surface area contributed by atoms with Crippen LogP contribution in [0.4, 0.5) is 5.69 Å². The van der Waals surface area contributed by atoms with Crippen LogP contribution in [0.3, 0.4) is 0 Å². The number of aliphatic hydroxyl groups is 1. The van der Waals surface area contributed by atoms with Gasteiger partial charge in [-0.3, -0.25) is 4.79 Å². The predicted molar refractivity (Wildman–Crippen MR) is 85.1 cm³/mol. The molecule has 0 aromatic carbocycles. The molecule has 0 bridgehead atoms. The summed E-state index contributed by atoms with van der Waals surface area (Å²) in [6.07, 6.45) is 9.08. The second-order valence-electron chi connectivity index (χ2n) is 4.82. The Hall–Kier alpha value is -0.880. The van der Waals surface area contributed by atoms with E-state index in [-0.39, 0.29) is 18.7 Å². The summed E-state index contributed by atoms with van der Waals surface area (Å²) in [7, 11) is 0. The van der Waals surface area contributed by atoms with Crippen molar-refractivity contribution in [3.63, 3.8) is 0 Å². The number of aliphatic hydroxyl groups excluding tert-OH is 1. The number of unbranched alkanes of at least 4 members (excludes halogenated alkanes) is 5. The summed E-state index contributed by atoms with van der Waals surface area (Å²) in [5.74, 6) is 0. The lowest BCUT2D eigenvalue weighted by molar-refractivity contribution is 0.266. The molecule has 0 aliphatic rings. The third kappa shape index (κ3) is 5.63. The van der Waals surface area contributed by atoms with Crippen molar-refractivity contribution in [1.82, 2.24) is 9.78 Å². The fourth-order valence-corrected chi connectivity index (χ4v) is 2.42. The fraction of sp³-hybridized carbons (Fsp3) is 0.714. The van der Waals surface area contributed by atoms with Gasteiger partial charge in [-0.05, 0) is 22.4 Å². The number of aromatic nitrogens is 2. The maximum atomic E-state index is 11.9. The zero-order chi connectivity index (χ0) is 14.8. The lowest BCUT2D eigenvalue weighted by atomic mass is 10.1. The van der Waals surface area contributed by atoms with Gasteiger partial charge in [0.15, 0.2) is 0 Å². The van der Waals surface area contributed by atoms with Crippen LogP contribution in [-0.2, 0) is 6.54 Å². The summed E-state index contributed by atoms with van der Waals surface area (Å²) in [6.45, 7) is 3.18. The maximum Gasteiger partial charge on any atom is 0.283 e. The average molecular weight is 346 g/mol. The van der Waals surface area contributed by atoms with E-state index in [1.54, 1.807) is 6.20 Å². The Morgan fingerprint density at radius 2 is 2.00 bits per heavy atom. The molecular weight excluding hydrogens is 322 g/mol. The molecule has 0 saturated carbocycles. The number of halogens is 1. The van der Waals surface area contributed by atoms with E-state index in [9.17, 15) is 4.79 Å². The van der Waals surface area contributed by atoms with Crippen molar-refractivity contribution in [1.29, 1.82) is 0 Å². The van der Waals surface area contributed by atoms with E-state index in [4.69, 9.17) is 5.11 Å². The van der Waals surface area contributed by atoms with Gasteiger partial charge < -0.3 is 10.4 Å². The smallest absolute Gasteiger partial charge is 0.283 e. The zero-order valence-electron chi connectivity index (χ0n) is 12.1.